The van der Waals surface area contributed by atoms with Crippen molar-refractivity contribution >= 4 is 17.7 Å². The predicted octanol–water partition coefficient (Wildman–Crippen LogP) is 1.08. The van der Waals surface area contributed by atoms with E-state index in [2.05, 4.69) is 16.0 Å². The summed E-state index contributed by atoms with van der Waals surface area (Å²) < 4.78 is 40.6. The fourth-order valence-electron chi connectivity index (χ4n) is 4.51. The number of amides is 3. The Kier molecular flexibility index (Phi) is 5.31. The molecule has 3 aliphatic heterocycles. The molecule has 4 rings (SSSR count). The summed E-state index contributed by atoms with van der Waals surface area (Å²) in [7, 11) is 0. The molecule has 0 aromatic heterocycles. The van der Waals surface area contributed by atoms with E-state index in [9.17, 15) is 27.6 Å². The van der Waals surface area contributed by atoms with Crippen LogP contribution in [-0.4, -0.2) is 54.5 Å². The van der Waals surface area contributed by atoms with Crippen LogP contribution in [0.2, 0.25) is 0 Å². The predicted molar refractivity (Wildman–Crippen MR) is 100 cm³/mol. The van der Waals surface area contributed by atoms with Crippen molar-refractivity contribution in [3.05, 3.63) is 34.9 Å². The number of benzene rings is 1. The maximum Gasteiger partial charge on any atom is 0.396 e. The van der Waals surface area contributed by atoms with E-state index in [-0.39, 0.29) is 57.3 Å². The van der Waals surface area contributed by atoms with Crippen molar-refractivity contribution < 1.29 is 27.6 Å². The van der Waals surface area contributed by atoms with Crippen molar-refractivity contribution in [2.45, 2.75) is 44.6 Å². The van der Waals surface area contributed by atoms with Crippen LogP contribution in [0.15, 0.2) is 18.2 Å². The SMILES string of the molecule is O=C1CCC(N2Cc3cccc(CNCC4(C(F)(F)F)CCNC4)c3C2=O)C(=O)N1. The lowest BCUT2D eigenvalue weighted by molar-refractivity contribution is -0.215. The molecule has 0 aliphatic carbocycles. The smallest absolute Gasteiger partial charge is 0.322 e. The summed E-state index contributed by atoms with van der Waals surface area (Å²) in [4.78, 5) is 38.0. The molecule has 2 saturated heterocycles. The first-order valence-corrected chi connectivity index (χ1v) is 9.95. The molecule has 2 atom stereocenters. The van der Waals surface area contributed by atoms with E-state index in [4.69, 9.17) is 0 Å². The molecule has 2 unspecified atom stereocenters. The second kappa shape index (κ2) is 7.66. The number of alkyl halides is 3. The highest BCUT2D eigenvalue weighted by atomic mass is 19.4. The van der Waals surface area contributed by atoms with Gasteiger partial charge in [-0.2, -0.15) is 13.2 Å². The van der Waals surface area contributed by atoms with E-state index in [1.165, 1.54) is 4.90 Å². The van der Waals surface area contributed by atoms with Gasteiger partial charge in [0.1, 0.15) is 6.04 Å². The van der Waals surface area contributed by atoms with Gasteiger partial charge < -0.3 is 15.5 Å². The molecule has 10 heteroatoms. The van der Waals surface area contributed by atoms with Crippen molar-refractivity contribution in [3.8, 4) is 0 Å². The molecule has 3 N–H and O–H groups in total. The fourth-order valence-corrected chi connectivity index (χ4v) is 4.51. The molecule has 2 fully saturated rings. The van der Waals surface area contributed by atoms with E-state index in [1.807, 2.05) is 0 Å². The first-order valence-electron chi connectivity index (χ1n) is 9.95. The third-order valence-electron chi connectivity index (χ3n) is 6.26. The number of carbonyl (C=O) groups is 3. The van der Waals surface area contributed by atoms with E-state index in [0.29, 0.717) is 17.7 Å². The van der Waals surface area contributed by atoms with Crippen LogP contribution >= 0.6 is 0 Å². The number of piperidine rings is 1. The summed E-state index contributed by atoms with van der Waals surface area (Å²) in [5, 5.41) is 7.93. The number of imide groups is 1. The van der Waals surface area contributed by atoms with Gasteiger partial charge in [-0.1, -0.05) is 18.2 Å². The molecule has 0 spiro atoms. The molecule has 162 valence electrons. The van der Waals surface area contributed by atoms with Crippen molar-refractivity contribution in [2.24, 2.45) is 5.41 Å². The quantitative estimate of drug-likeness (QED) is 0.616. The average Bonchev–Trinajstić information content (AvgIpc) is 3.28. The van der Waals surface area contributed by atoms with Crippen LogP contribution in [0.5, 0.6) is 0 Å². The van der Waals surface area contributed by atoms with Crippen LogP contribution in [0.3, 0.4) is 0 Å². The summed E-state index contributed by atoms with van der Waals surface area (Å²) in [5.74, 6) is -1.18. The normalized spacial score (nSPS) is 26.8. The molecule has 30 heavy (non-hydrogen) atoms. The number of carbonyl (C=O) groups excluding carboxylic acids is 3. The Morgan fingerprint density at radius 3 is 2.70 bits per heavy atom. The second-order valence-corrected chi connectivity index (χ2v) is 8.16. The van der Waals surface area contributed by atoms with Crippen LogP contribution in [0, 0.1) is 5.41 Å². The average molecular weight is 424 g/mol. The Labute approximate surface area is 171 Å². The Balaban J connectivity index is 1.47. The summed E-state index contributed by atoms with van der Waals surface area (Å²) in [6.45, 7) is 0.318. The fraction of sp³-hybridized carbons (Fsp3) is 0.550. The number of fused-ring (bicyclic) bond motifs is 1. The number of halogens is 3. The molecule has 3 amide bonds. The Morgan fingerprint density at radius 2 is 2.03 bits per heavy atom. The molecule has 0 saturated carbocycles. The second-order valence-electron chi connectivity index (χ2n) is 8.16. The van der Waals surface area contributed by atoms with Gasteiger partial charge in [-0.05, 0) is 30.5 Å². The largest absolute Gasteiger partial charge is 0.396 e. The van der Waals surface area contributed by atoms with Crippen LogP contribution in [0.4, 0.5) is 13.2 Å². The number of hydrogen-bond acceptors (Lipinski definition) is 5. The van der Waals surface area contributed by atoms with Gasteiger partial charge in [0.2, 0.25) is 11.8 Å². The van der Waals surface area contributed by atoms with Gasteiger partial charge in [0, 0.05) is 38.2 Å². The number of nitrogens with zero attached hydrogens (tertiary/aromatic N) is 1. The van der Waals surface area contributed by atoms with Crippen molar-refractivity contribution in [1.29, 1.82) is 0 Å². The van der Waals surface area contributed by atoms with Crippen LogP contribution in [0.25, 0.3) is 0 Å². The third-order valence-corrected chi connectivity index (χ3v) is 6.26. The summed E-state index contributed by atoms with van der Waals surface area (Å²) >= 11 is 0. The maximum atomic E-state index is 13.5. The summed E-state index contributed by atoms with van der Waals surface area (Å²) in [5.41, 5.74) is -0.0405. The van der Waals surface area contributed by atoms with Crippen molar-refractivity contribution in [3.63, 3.8) is 0 Å². The molecule has 1 aromatic carbocycles. The lowest BCUT2D eigenvalue weighted by Gasteiger charge is -2.31. The standard InChI is InChI=1S/C20H23F3N4O3/c21-20(22,23)19(6-7-24-10-19)11-25-8-12-2-1-3-13-9-27(18(30)16(12)13)14-4-5-15(28)26-17(14)29/h1-3,14,24-25H,4-11H2,(H,26,28,29). The molecule has 7 nitrogen and oxygen atoms in total. The number of hydrogen-bond donors (Lipinski definition) is 3. The lowest BCUT2D eigenvalue weighted by Crippen LogP contribution is -2.52. The molecule has 3 heterocycles. The zero-order valence-electron chi connectivity index (χ0n) is 16.3. The summed E-state index contributed by atoms with van der Waals surface area (Å²) in [6, 6.07) is 4.53. The highest BCUT2D eigenvalue weighted by Crippen LogP contribution is 2.42. The van der Waals surface area contributed by atoms with Gasteiger partial charge in [0.15, 0.2) is 0 Å². The van der Waals surface area contributed by atoms with E-state index in [0.717, 1.165) is 5.56 Å². The highest BCUT2D eigenvalue weighted by molar-refractivity contribution is 6.05. The molecular weight excluding hydrogens is 401 g/mol. The third kappa shape index (κ3) is 3.58. The first kappa shape index (κ1) is 20.8. The maximum absolute atomic E-state index is 13.5. The topological polar surface area (TPSA) is 90.5 Å². The lowest BCUT2D eigenvalue weighted by atomic mass is 9.86. The van der Waals surface area contributed by atoms with E-state index < -0.39 is 23.5 Å². The molecule has 0 radical (unpaired) electrons. The van der Waals surface area contributed by atoms with Crippen molar-refractivity contribution in [1.82, 2.24) is 20.9 Å². The minimum absolute atomic E-state index is 0.0125. The highest BCUT2D eigenvalue weighted by Gasteiger charge is 2.55. The van der Waals surface area contributed by atoms with Crippen molar-refractivity contribution in [2.75, 3.05) is 19.6 Å². The van der Waals surface area contributed by atoms with E-state index in [1.54, 1.807) is 18.2 Å². The van der Waals surface area contributed by atoms with Gasteiger partial charge in [-0.3, -0.25) is 19.7 Å². The number of nitrogens with one attached hydrogen (secondary N) is 3. The van der Waals surface area contributed by atoms with Crippen LogP contribution in [0.1, 0.15) is 40.7 Å². The Hall–Kier alpha value is -2.46. The summed E-state index contributed by atoms with van der Waals surface area (Å²) in [6.07, 6.45) is -3.88. The Morgan fingerprint density at radius 1 is 1.23 bits per heavy atom. The minimum atomic E-state index is -4.32. The zero-order chi connectivity index (χ0) is 21.5. The molecule has 3 aliphatic rings. The van der Waals surface area contributed by atoms with Crippen LogP contribution in [-0.2, 0) is 22.7 Å². The van der Waals surface area contributed by atoms with E-state index >= 15 is 0 Å². The number of rotatable bonds is 5. The van der Waals surface area contributed by atoms with Crippen LogP contribution < -0.4 is 16.0 Å². The van der Waals surface area contributed by atoms with Gasteiger partial charge in [0.25, 0.3) is 5.91 Å². The first-order chi connectivity index (χ1) is 14.2. The van der Waals surface area contributed by atoms with Gasteiger partial charge >= 0.3 is 6.18 Å². The molecular formula is C20H23F3N4O3. The Bertz CT molecular complexity index is 881. The minimum Gasteiger partial charge on any atom is -0.322 e. The monoisotopic (exact) mass is 424 g/mol. The molecule has 0 bridgehead atoms. The molecule has 1 aromatic rings. The van der Waals surface area contributed by atoms with Gasteiger partial charge in [-0.15, -0.1) is 0 Å². The van der Waals surface area contributed by atoms with Gasteiger partial charge in [-0.25, -0.2) is 0 Å². The van der Waals surface area contributed by atoms with Gasteiger partial charge in [0.05, 0.1) is 5.41 Å². The zero-order valence-corrected chi connectivity index (χ0v) is 16.3.